The highest BCUT2D eigenvalue weighted by Crippen LogP contribution is 2.29. The van der Waals surface area contributed by atoms with Gasteiger partial charge in [0.1, 0.15) is 6.04 Å². The lowest BCUT2D eigenvalue weighted by molar-refractivity contribution is -0.137. The van der Waals surface area contributed by atoms with E-state index in [0.717, 1.165) is 24.3 Å². The summed E-state index contributed by atoms with van der Waals surface area (Å²) in [6.45, 7) is 1.07. The van der Waals surface area contributed by atoms with Crippen molar-refractivity contribution in [3.05, 3.63) is 71.3 Å². The van der Waals surface area contributed by atoms with E-state index in [4.69, 9.17) is 0 Å². The third kappa shape index (κ3) is 5.87. The molecule has 0 aliphatic carbocycles. The quantitative estimate of drug-likeness (QED) is 0.640. The molecule has 32 heavy (non-hydrogen) atoms. The molecule has 6 nitrogen and oxygen atoms in total. The summed E-state index contributed by atoms with van der Waals surface area (Å²) < 4.78 is 38.2. The predicted octanol–water partition coefficient (Wildman–Crippen LogP) is 3.25. The van der Waals surface area contributed by atoms with Crippen LogP contribution in [0.1, 0.15) is 45.5 Å². The van der Waals surface area contributed by atoms with Crippen LogP contribution in [-0.4, -0.2) is 48.3 Å². The lowest BCUT2D eigenvalue weighted by Crippen LogP contribution is -2.46. The van der Waals surface area contributed by atoms with E-state index in [0.29, 0.717) is 44.5 Å². The Bertz CT molecular complexity index is 946. The van der Waals surface area contributed by atoms with Crippen LogP contribution < -0.4 is 10.6 Å². The number of hydrogen-bond acceptors (Lipinski definition) is 3. The zero-order valence-corrected chi connectivity index (χ0v) is 17.3. The molecular weight excluding hydrogens is 423 g/mol. The molecule has 1 saturated heterocycles. The summed E-state index contributed by atoms with van der Waals surface area (Å²) in [6, 6.07) is 12.1. The lowest BCUT2D eigenvalue weighted by atomic mass is 10.1. The molecule has 1 fully saturated rings. The van der Waals surface area contributed by atoms with Gasteiger partial charge in [-0.2, -0.15) is 13.2 Å². The average molecular weight is 447 g/mol. The number of amides is 3. The number of nitrogens with zero attached hydrogens (tertiary/aromatic N) is 1. The van der Waals surface area contributed by atoms with Gasteiger partial charge in [-0.1, -0.05) is 18.2 Å². The van der Waals surface area contributed by atoms with Crippen LogP contribution in [0.15, 0.2) is 54.6 Å². The van der Waals surface area contributed by atoms with Crippen LogP contribution >= 0.6 is 0 Å². The van der Waals surface area contributed by atoms with Gasteiger partial charge in [0.05, 0.1) is 5.56 Å². The van der Waals surface area contributed by atoms with Gasteiger partial charge in [-0.3, -0.25) is 14.4 Å². The minimum absolute atomic E-state index is 0.112. The van der Waals surface area contributed by atoms with Crippen molar-refractivity contribution in [2.24, 2.45) is 0 Å². The highest BCUT2D eigenvalue weighted by molar-refractivity contribution is 5.98. The standard InChI is InChI=1S/C23H24F3N3O3/c24-23(25,26)18-11-9-17(10-12-18)22(32)29-15-4-8-19(29)21(31)28-14-5-13-27-20(30)16-6-2-1-3-7-16/h1-3,6-7,9-12,19H,4-5,8,13-15H2,(H,27,30)(H,28,31)/t19-/m0/s1. The molecule has 3 amide bonds. The topological polar surface area (TPSA) is 78.5 Å². The molecule has 0 unspecified atom stereocenters. The molecule has 3 rings (SSSR count). The minimum atomic E-state index is -4.47. The normalized spacial score (nSPS) is 16.0. The van der Waals surface area contributed by atoms with E-state index in [1.807, 2.05) is 6.07 Å². The molecule has 0 bridgehead atoms. The molecule has 1 aliphatic heterocycles. The maximum atomic E-state index is 12.7. The molecule has 0 saturated carbocycles. The van der Waals surface area contributed by atoms with Gasteiger partial charge in [-0.05, 0) is 55.7 Å². The van der Waals surface area contributed by atoms with E-state index < -0.39 is 23.7 Å². The summed E-state index contributed by atoms with van der Waals surface area (Å²) in [5.74, 6) is -0.968. The molecular formula is C23H24F3N3O3. The number of nitrogens with one attached hydrogen (secondary N) is 2. The van der Waals surface area contributed by atoms with Gasteiger partial charge >= 0.3 is 6.18 Å². The molecule has 1 atom stereocenters. The van der Waals surface area contributed by atoms with Gasteiger partial charge in [0.25, 0.3) is 11.8 Å². The SMILES string of the molecule is O=C(NCCCNC(=O)[C@@H]1CCCN1C(=O)c1ccc(C(F)(F)F)cc1)c1ccccc1. The van der Waals surface area contributed by atoms with Crippen LogP contribution in [0.4, 0.5) is 13.2 Å². The van der Waals surface area contributed by atoms with Crippen molar-refractivity contribution in [3.63, 3.8) is 0 Å². The van der Waals surface area contributed by atoms with E-state index in [2.05, 4.69) is 10.6 Å². The Kier molecular flexibility index (Phi) is 7.50. The predicted molar refractivity (Wildman–Crippen MR) is 112 cm³/mol. The first-order valence-corrected chi connectivity index (χ1v) is 10.4. The number of carbonyl (C=O) groups excluding carboxylic acids is 3. The molecule has 0 radical (unpaired) electrons. The average Bonchev–Trinajstić information content (AvgIpc) is 3.28. The van der Waals surface area contributed by atoms with E-state index in [1.54, 1.807) is 24.3 Å². The summed E-state index contributed by atoms with van der Waals surface area (Å²) in [5.41, 5.74) is -0.162. The molecule has 1 aliphatic rings. The van der Waals surface area contributed by atoms with Crippen LogP contribution in [-0.2, 0) is 11.0 Å². The molecule has 1 heterocycles. The van der Waals surface area contributed by atoms with Gasteiger partial charge in [0.2, 0.25) is 5.91 Å². The third-order valence-corrected chi connectivity index (χ3v) is 5.25. The number of alkyl halides is 3. The Labute approximate surface area is 183 Å². The highest BCUT2D eigenvalue weighted by atomic mass is 19.4. The van der Waals surface area contributed by atoms with Crippen molar-refractivity contribution in [2.75, 3.05) is 19.6 Å². The van der Waals surface area contributed by atoms with E-state index in [1.165, 1.54) is 4.90 Å². The van der Waals surface area contributed by atoms with E-state index in [-0.39, 0.29) is 17.4 Å². The zero-order chi connectivity index (χ0) is 23.1. The zero-order valence-electron chi connectivity index (χ0n) is 17.3. The van der Waals surface area contributed by atoms with Crippen LogP contribution in [0.5, 0.6) is 0 Å². The maximum absolute atomic E-state index is 12.7. The number of carbonyl (C=O) groups is 3. The van der Waals surface area contributed by atoms with Crippen LogP contribution in [0.3, 0.4) is 0 Å². The van der Waals surface area contributed by atoms with Crippen LogP contribution in [0, 0.1) is 0 Å². The van der Waals surface area contributed by atoms with Gasteiger partial charge in [-0.25, -0.2) is 0 Å². The van der Waals surface area contributed by atoms with Crippen molar-refractivity contribution in [1.82, 2.24) is 15.5 Å². The van der Waals surface area contributed by atoms with Crippen molar-refractivity contribution in [3.8, 4) is 0 Å². The number of benzene rings is 2. The van der Waals surface area contributed by atoms with Gasteiger partial charge in [-0.15, -0.1) is 0 Å². The van der Waals surface area contributed by atoms with Crippen molar-refractivity contribution >= 4 is 17.7 Å². The molecule has 2 aromatic carbocycles. The van der Waals surface area contributed by atoms with Crippen molar-refractivity contribution in [1.29, 1.82) is 0 Å². The summed E-state index contributed by atoms with van der Waals surface area (Å²) in [5, 5.41) is 5.54. The van der Waals surface area contributed by atoms with Crippen LogP contribution in [0.2, 0.25) is 0 Å². The fourth-order valence-corrected chi connectivity index (χ4v) is 3.56. The van der Waals surface area contributed by atoms with Crippen LogP contribution in [0.25, 0.3) is 0 Å². The third-order valence-electron chi connectivity index (χ3n) is 5.25. The Hall–Kier alpha value is -3.36. The molecule has 170 valence electrons. The van der Waals surface area contributed by atoms with Gasteiger partial charge in [0.15, 0.2) is 0 Å². The first kappa shape index (κ1) is 23.3. The Balaban J connectivity index is 1.46. The van der Waals surface area contributed by atoms with E-state index >= 15 is 0 Å². The smallest absolute Gasteiger partial charge is 0.354 e. The maximum Gasteiger partial charge on any atom is 0.416 e. The summed E-state index contributed by atoms with van der Waals surface area (Å²) in [4.78, 5) is 38.7. The Morgan fingerprint density at radius 2 is 1.56 bits per heavy atom. The highest BCUT2D eigenvalue weighted by Gasteiger charge is 2.35. The molecule has 2 aromatic rings. The number of halogens is 3. The number of likely N-dealkylation sites (tertiary alicyclic amines) is 1. The Morgan fingerprint density at radius 1 is 0.906 bits per heavy atom. The summed E-state index contributed by atoms with van der Waals surface area (Å²) in [6.07, 6.45) is -2.83. The monoisotopic (exact) mass is 447 g/mol. The van der Waals surface area contributed by atoms with Gasteiger partial charge < -0.3 is 15.5 Å². The molecule has 9 heteroatoms. The Morgan fingerprint density at radius 3 is 2.22 bits per heavy atom. The second kappa shape index (κ2) is 10.3. The fourth-order valence-electron chi connectivity index (χ4n) is 3.56. The summed E-state index contributed by atoms with van der Waals surface area (Å²) in [7, 11) is 0. The summed E-state index contributed by atoms with van der Waals surface area (Å²) >= 11 is 0. The lowest BCUT2D eigenvalue weighted by Gasteiger charge is -2.24. The second-order valence-corrected chi connectivity index (χ2v) is 7.50. The molecule has 0 spiro atoms. The first-order chi connectivity index (χ1) is 15.3. The van der Waals surface area contributed by atoms with Gasteiger partial charge in [0, 0.05) is 30.8 Å². The van der Waals surface area contributed by atoms with E-state index in [9.17, 15) is 27.6 Å². The first-order valence-electron chi connectivity index (χ1n) is 10.4. The number of rotatable bonds is 7. The van der Waals surface area contributed by atoms with Crippen molar-refractivity contribution in [2.45, 2.75) is 31.5 Å². The minimum Gasteiger partial charge on any atom is -0.354 e. The largest absolute Gasteiger partial charge is 0.416 e. The molecule has 2 N–H and O–H groups in total. The number of hydrogen-bond donors (Lipinski definition) is 2. The second-order valence-electron chi connectivity index (χ2n) is 7.50. The fraction of sp³-hybridized carbons (Fsp3) is 0.348. The molecule has 0 aromatic heterocycles. The van der Waals surface area contributed by atoms with Crippen molar-refractivity contribution < 1.29 is 27.6 Å².